The number of fused-ring (bicyclic) bond motifs is 2. The number of nitrogens with two attached hydrogens (primary N) is 1. The normalized spacial score (nSPS) is 42.2. The van der Waals surface area contributed by atoms with E-state index in [1.807, 2.05) is 0 Å². The first-order valence-corrected chi connectivity index (χ1v) is 5.78. The SMILES string of the molecule is NC1(CN2CC3CCC2C3)CCC1. The summed E-state index contributed by atoms with van der Waals surface area (Å²) in [5, 5.41) is 0. The van der Waals surface area contributed by atoms with Crippen LogP contribution >= 0.6 is 0 Å². The van der Waals surface area contributed by atoms with Crippen molar-refractivity contribution in [1.82, 2.24) is 4.90 Å². The van der Waals surface area contributed by atoms with Gasteiger partial charge in [-0.2, -0.15) is 0 Å². The number of rotatable bonds is 2. The maximum atomic E-state index is 6.27. The first-order chi connectivity index (χ1) is 6.25. The Morgan fingerprint density at radius 2 is 2.15 bits per heavy atom. The highest BCUT2D eigenvalue weighted by molar-refractivity contribution is 5.00. The average Bonchev–Trinajstić information content (AvgIpc) is 2.62. The van der Waals surface area contributed by atoms with Crippen molar-refractivity contribution >= 4 is 0 Å². The van der Waals surface area contributed by atoms with Gasteiger partial charge in [0.1, 0.15) is 0 Å². The molecule has 1 heterocycles. The summed E-state index contributed by atoms with van der Waals surface area (Å²) in [6.45, 7) is 2.54. The summed E-state index contributed by atoms with van der Waals surface area (Å²) >= 11 is 0. The van der Waals surface area contributed by atoms with Crippen LogP contribution in [-0.2, 0) is 0 Å². The smallest absolute Gasteiger partial charge is 0.0283 e. The zero-order valence-electron chi connectivity index (χ0n) is 8.34. The second kappa shape index (κ2) is 2.71. The summed E-state index contributed by atoms with van der Waals surface area (Å²) in [7, 11) is 0. The van der Waals surface area contributed by atoms with Crippen molar-refractivity contribution in [3.05, 3.63) is 0 Å². The van der Waals surface area contributed by atoms with Gasteiger partial charge < -0.3 is 5.73 Å². The third-order valence-electron chi connectivity index (χ3n) is 4.39. The fourth-order valence-electron chi connectivity index (χ4n) is 3.41. The van der Waals surface area contributed by atoms with Crippen LogP contribution in [0, 0.1) is 5.92 Å². The monoisotopic (exact) mass is 180 g/mol. The Balaban J connectivity index is 1.61. The molecule has 2 heteroatoms. The molecule has 3 rings (SSSR count). The number of nitrogens with zero attached hydrogens (tertiary/aromatic N) is 1. The Morgan fingerprint density at radius 3 is 2.62 bits per heavy atom. The predicted octanol–water partition coefficient (Wildman–Crippen LogP) is 1.35. The highest BCUT2D eigenvalue weighted by atomic mass is 15.2. The number of likely N-dealkylation sites (tertiary alicyclic amines) is 1. The Hall–Kier alpha value is -0.0800. The molecule has 2 nitrogen and oxygen atoms in total. The van der Waals surface area contributed by atoms with Gasteiger partial charge in [0.05, 0.1) is 0 Å². The van der Waals surface area contributed by atoms with Gasteiger partial charge in [-0.3, -0.25) is 4.90 Å². The van der Waals surface area contributed by atoms with Crippen molar-refractivity contribution in [2.45, 2.75) is 50.1 Å². The Morgan fingerprint density at radius 1 is 1.31 bits per heavy atom. The second-order valence-electron chi connectivity index (χ2n) is 5.48. The van der Waals surface area contributed by atoms with Gasteiger partial charge in [0.25, 0.3) is 0 Å². The largest absolute Gasteiger partial charge is 0.324 e. The molecule has 3 aliphatic rings. The van der Waals surface area contributed by atoms with E-state index in [2.05, 4.69) is 4.90 Å². The van der Waals surface area contributed by atoms with E-state index in [0.717, 1.165) is 12.0 Å². The molecule has 2 atom stereocenters. The number of hydrogen-bond acceptors (Lipinski definition) is 2. The van der Waals surface area contributed by atoms with Crippen LogP contribution in [0.5, 0.6) is 0 Å². The maximum Gasteiger partial charge on any atom is 0.0283 e. The summed E-state index contributed by atoms with van der Waals surface area (Å²) in [4.78, 5) is 2.67. The topological polar surface area (TPSA) is 29.3 Å². The van der Waals surface area contributed by atoms with Crippen molar-refractivity contribution < 1.29 is 0 Å². The minimum absolute atomic E-state index is 0.213. The minimum Gasteiger partial charge on any atom is -0.324 e. The van der Waals surface area contributed by atoms with Crippen LogP contribution in [0.25, 0.3) is 0 Å². The van der Waals surface area contributed by atoms with E-state index >= 15 is 0 Å². The molecule has 2 saturated carbocycles. The summed E-state index contributed by atoms with van der Waals surface area (Å²) in [6.07, 6.45) is 8.29. The molecule has 0 aromatic carbocycles. The lowest BCUT2D eigenvalue weighted by Crippen LogP contribution is -2.56. The molecule has 2 bridgehead atoms. The fourth-order valence-corrected chi connectivity index (χ4v) is 3.41. The molecular weight excluding hydrogens is 160 g/mol. The van der Waals surface area contributed by atoms with Crippen molar-refractivity contribution in [1.29, 1.82) is 0 Å². The molecule has 2 aliphatic carbocycles. The molecule has 0 aromatic heterocycles. The van der Waals surface area contributed by atoms with Gasteiger partial charge in [0.2, 0.25) is 0 Å². The lowest BCUT2D eigenvalue weighted by Gasteiger charge is -2.43. The van der Waals surface area contributed by atoms with E-state index < -0.39 is 0 Å². The molecule has 2 N–H and O–H groups in total. The molecule has 2 unspecified atom stereocenters. The first-order valence-electron chi connectivity index (χ1n) is 5.78. The summed E-state index contributed by atoms with van der Waals surface area (Å²) in [5.41, 5.74) is 6.49. The van der Waals surface area contributed by atoms with E-state index in [1.165, 1.54) is 51.6 Å². The summed E-state index contributed by atoms with van der Waals surface area (Å²) < 4.78 is 0. The number of hydrogen-bond donors (Lipinski definition) is 1. The Bertz CT molecular complexity index is 210. The molecule has 0 radical (unpaired) electrons. The fraction of sp³-hybridized carbons (Fsp3) is 1.00. The molecule has 1 saturated heterocycles. The van der Waals surface area contributed by atoms with Crippen LogP contribution in [0.3, 0.4) is 0 Å². The zero-order chi connectivity index (χ0) is 8.89. The zero-order valence-corrected chi connectivity index (χ0v) is 8.34. The third kappa shape index (κ3) is 1.31. The average molecular weight is 180 g/mol. The van der Waals surface area contributed by atoms with Crippen LogP contribution < -0.4 is 5.73 Å². The standard InChI is InChI=1S/C11H20N2/c12-11(4-1-5-11)8-13-7-9-2-3-10(13)6-9/h9-10H,1-8,12H2. The first kappa shape index (κ1) is 8.25. The van der Waals surface area contributed by atoms with E-state index in [4.69, 9.17) is 5.73 Å². The van der Waals surface area contributed by atoms with Gasteiger partial charge in [-0.1, -0.05) is 0 Å². The van der Waals surface area contributed by atoms with Gasteiger partial charge in [-0.15, -0.1) is 0 Å². The lowest BCUT2D eigenvalue weighted by atomic mass is 9.77. The van der Waals surface area contributed by atoms with Gasteiger partial charge in [-0.05, 0) is 44.4 Å². The van der Waals surface area contributed by atoms with Crippen molar-refractivity contribution in [2.75, 3.05) is 13.1 Å². The molecule has 74 valence electrons. The molecule has 0 spiro atoms. The van der Waals surface area contributed by atoms with Crippen molar-refractivity contribution in [3.8, 4) is 0 Å². The predicted molar refractivity (Wildman–Crippen MR) is 53.5 cm³/mol. The van der Waals surface area contributed by atoms with E-state index in [1.54, 1.807) is 0 Å². The maximum absolute atomic E-state index is 6.27. The second-order valence-corrected chi connectivity index (χ2v) is 5.48. The van der Waals surface area contributed by atoms with E-state index in [-0.39, 0.29) is 5.54 Å². The number of piperidine rings is 1. The molecular formula is C11H20N2. The van der Waals surface area contributed by atoms with Crippen LogP contribution in [0.1, 0.15) is 38.5 Å². The quantitative estimate of drug-likeness (QED) is 0.695. The summed E-state index contributed by atoms with van der Waals surface area (Å²) in [6, 6.07) is 0.908. The van der Waals surface area contributed by atoms with Gasteiger partial charge in [-0.25, -0.2) is 0 Å². The Labute approximate surface area is 80.5 Å². The van der Waals surface area contributed by atoms with Crippen LogP contribution in [0.2, 0.25) is 0 Å². The summed E-state index contributed by atoms with van der Waals surface area (Å²) in [5.74, 6) is 1.02. The van der Waals surface area contributed by atoms with Gasteiger partial charge in [0.15, 0.2) is 0 Å². The minimum atomic E-state index is 0.213. The highest BCUT2D eigenvalue weighted by Gasteiger charge is 2.42. The lowest BCUT2D eigenvalue weighted by molar-refractivity contribution is 0.119. The molecule has 0 aromatic rings. The Kier molecular flexibility index (Phi) is 1.72. The van der Waals surface area contributed by atoms with Crippen molar-refractivity contribution in [2.24, 2.45) is 11.7 Å². The van der Waals surface area contributed by atoms with Gasteiger partial charge in [0, 0.05) is 24.7 Å². The molecule has 0 amide bonds. The molecule has 13 heavy (non-hydrogen) atoms. The van der Waals surface area contributed by atoms with Crippen molar-refractivity contribution in [3.63, 3.8) is 0 Å². The van der Waals surface area contributed by atoms with Crippen LogP contribution in [0.4, 0.5) is 0 Å². The van der Waals surface area contributed by atoms with Gasteiger partial charge >= 0.3 is 0 Å². The van der Waals surface area contributed by atoms with E-state index in [0.29, 0.717) is 0 Å². The third-order valence-corrected chi connectivity index (χ3v) is 4.39. The van der Waals surface area contributed by atoms with Crippen LogP contribution in [0.15, 0.2) is 0 Å². The van der Waals surface area contributed by atoms with Crippen LogP contribution in [-0.4, -0.2) is 29.6 Å². The highest BCUT2D eigenvalue weighted by Crippen LogP contribution is 2.40. The molecule has 1 aliphatic heterocycles. The molecule has 3 fully saturated rings. The van der Waals surface area contributed by atoms with E-state index in [9.17, 15) is 0 Å².